The van der Waals surface area contributed by atoms with Crippen molar-refractivity contribution < 1.29 is 4.79 Å². The summed E-state index contributed by atoms with van der Waals surface area (Å²) in [5, 5.41) is 8.80. The van der Waals surface area contributed by atoms with Gasteiger partial charge in [-0.3, -0.25) is 0 Å². The molecule has 0 saturated carbocycles. The van der Waals surface area contributed by atoms with Gasteiger partial charge in [0.1, 0.15) is 0 Å². The monoisotopic (exact) mass is 235 g/mol. The van der Waals surface area contributed by atoms with Gasteiger partial charge in [0.15, 0.2) is 0 Å². The Morgan fingerprint density at radius 1 is 1.18 bits per heavy atom. The third-order valence-corrected chi connectivity index (χ3v) is 2.52. The minimum Gasteiger partial charge on any atom is -0.338 e. The lowest BCUT2D eigenvalue weighted by molar-refractivity contribution is 0.252. The van der Waals surface area contributed by atoms with Gasteiger partial charge >= 0.3 is 6.03 Å². The van der Waals surface area contributed by atoms with Crippen molar-refractivity contribution >= 4 is 11.7 Å². The molecule has 0 spiro atoms. The second-order valence-electron chi connectivity index (χ2n) is 3.89. The number of rotatable bonds is 5. The van der Waals surface area contributed by atoms with Crippen molar-refractivity contribution in [1.82, 2.24) is 10.6 Å². The second kappa shape index (κ2) is 6.91. The van der Waals surface area contributed by atoms with Gasteiger partial charge in [0.05, 0.1) is 0 Å². The highest BCUT2D eigenvalue weighted by molar-refractivity contribution is 5.89. The van der Waals surface area contributed by atoms with Crippen molar-refractivity contribution in [3.63, 3.8) is 0 Å². The van der Waals surface area contributed by atoms with Crippen LogP contribution in [0.15, 0.2) is 24.3 Å². The van der Waals surface area contributed by atoms with E-state index in [-0.39, 0.29) is 6.03 Å². The van der Waals surface area contributed by atoms with Gasteiger partial charge in [0, 0.05) is 18.3 Å². The van der Waals surface area contributed by atoms with Gasteiger partial charge in [-0.25, -0.2) is 4.79 Å². The first-order valence-corrected chi connectivity index (χ1v) is 6.05. The first-order chi connectivity index (χ1) is 8.17. The topological polar surface area (TPSA) is 53.2 Å². The van der Waals surface area contributed by atoms with Gasteiger partial charge in [0.2, 0.25) is 0 Å². The molecular weight excluding hydrogens is 214 g/mol. The molecule has 94 valence electrons. The molecule has 0 radical (unpaired) electrons. The van der Waals surface area contributed by atoms with E-state index in [1.54, 1.807) is 0 Å². The van der Waals surface area contributed by atoms with Gasteiger partial charge in [-0.1, -0.05) is 19.1 Å². The van der Waals surface area contributed by atoms with Gasteiger partial charge in [-0.05, 0) is 38.1 Å². The summed E-state index contributed by atoms with van der Waals surface area (Å²) < 4.78 is 0. The zero-order chi connectivity index (χ0) is 12.7. The number of carbonyl (C=O) groups is 1. The number of anilines is 1. The van der Waals surface area contributed by atoms with Gasteiger partial charge in [-0.2, -0.15) is 0 Å². The maximum absolute atomic E-state index is 11.3. The van der Waals surface area contributed by atoms with Gasteiger partial charge in [-0.15, -0.1) is 0 Å². The molecule has 1 atom stereocenters. The third kappa shape index (κ3) is 4.44. The lowest BCUT2D eigenvalue weighted by Crippen LogP contribution is -2.28. The van der Waals surface area contributed by atoms with E-state index in [0.717, 1.165) is 12.2 Å². The lowest BCUT2D eigenvalue weighted by Gasteiger charge is -2.13. The first kappa shape index (κ1) is 13.5. The standard InChI is InChI=1S/C13H21N3O/c1-4-14-10(3)11-6-8-12(9-7-11)16-13(17)15-5-2/h6-10,14H,4-5H2,1-3H3,(H2,15,16,17). The van der Waals surface area contributed by atoms with Crippen LogP contribution in [0.3, 0.4) is 0 Å². The molecule has 2 amide bonds. The first-order valence-electron chi connectivity index (χ1n) is 6.05. The zero-order valence-corrected chi connectivity index (χ0v) is 10.7. The summed E-state index contributed by atoms with van der Waals surface area (Å²) >= 11 is 0. The molecule has 1 rings (SSSR count). The maximum Gasteiger partial charge on any atom is 0.319 e. The molecule has 4 nitrogen and oxygen atoms in total. The fourth-order valence-corrected chi connectivity index (χ4v) is 1.62. The Hall–Kier alpha value is -1.55. The van der Waals surface area contributed by atoms with E-state index in [1.165, 1.54) is 5.56 Å². The molecule has 17 heavy (non-hydrogen) atoms. The van der Waals surface area contributed by atoms with E-state index < -0.39 is 0 Å². The summed E-state index contributed by atoms with van der Waals surface area (Å²) in [5.74, 6) is 0. The summed E-state index contributed by atoms with van der Waals surface area (Å²) in [7, 11) is 0. The lowest BCUT2D eigenvalue weighted by atomic mass is 10.1. The summed E-state index contributed by atoms with van der Waals surface area (Å²) in [4.78, 5) is 11.3. The minimum atomic E-state index is -0.167. The van der Waals surface area contributed by atoms with E-state index in [0.29, 0.717) is 12.6 Å². The van der Waals surface area contributed by atoms with E-state index in [1.807, 2.05) is 31.2 Å². The summed E-state index contributed by atoms with van der Waals surface area (Å²) in [5.41, 5.74) is 2.02. The van der Waals surface area contributed by atoms with Crippen LogP contribution >= 0.6 is 0 Å². The fraction of sp³-hybridized carbons (Fsp3) is 0.462. The Kier molecular flexibility index (Phi) is 5.49. The van der Waals surface area contributed by atoms with Crippen molar-refractivity contribution in [2.45, 2.75) is 26.8 Å². The largest absolute Gasteiger partial charge is 0.338 e. The summed E-state index contributed by atoms with van der Waals surface area (Å²) in [6.07, 6.45) is 0. The van der Waals surface area contributed by atoms with Crippen LogP contribution in [0.1, 0.15) is 32.4 Å². The van der Waals surface area contributed by atoms with Crippen molar-refractivity contribution in [2.24, 2.45) is 0 Å². The molecular formula is C13H21N3O. The van der Waals surface area contributed by atoms with Crippen molar-refractivity contribution in [3.8, 4) is 0 Å². The normalized spacial score (nSPS) is 11.9. The number of amides is 2. The highest BCUT2D eigenvalue weighted by Gasteiger charge is 2.04. The minimum absolute atomic E-state index is 0.167. The molecule has 0 aliphatic heterocycles. The van der Waals surface area contributed by atoms with Gasteiger partial charge < -0.3 is 16.0 Å². The van der Waals surface area contributed by atoms with Crippen LogP contribution in [0.2, 0.25) is 0 Å². The number of benzene rings is 1. The predicted octanol–water partition coefficient (Wildman–Crippen LogP) is 2.50. The highest BCUT2D eigenvalue weighted by atomic mass is 16.2. The molecule has 0 aliphatic carbocycles. The Bertz CT molecular complexity index is 348. The van der Waals surface area contributed by atoms with Crippen molar-refractivity contribution in [2.75, 3.05) is 18.4 Å². The molecule has 0 aliphatic rings. The quantitative estimate of drug-likeness (QED) is 0.734. The van der Waals surface area contributed by atoms with Crippen LogP contribution < -0.4 is 16.0 Å². The highest BCUT2D eigenvalue weighted by Crippen LogP contribution is 2.15. The molecule has 0 bridgehead atoms. The molecule has 0 heterocycles. The Balaban J connectivity index is 2.58. The van der Waals surface area contributed by atoms with E-state index in [9.17, 15) is 4.79 Å². The molecule has 0 aromatic heterocycles. The van der Waals surface area contributed by atoms with E-state index in [4.69, 9.17) is 0 Å². The van der Waals surface area contributed by atoms with E-state index >= 15 is 0 Å². The van der Waals surface area contributed by atoms with Crippen LogP contribution in [-0.4, -0.2) is 19.1 Å². The summed E-state index contributed by atoms with van der Waals surface area (Å²) in [6.45, 7) is 7.67. The third-order valence-electron chi connectivity index (χ3n) is 2.52. The summed E-state index contributed by atoms with van der Waals surface area (Å²) in [6, 6.07) is 8.04. The zero-order valence-electron chi connectivity index (χ0n) is 10.7. The average Bonchev–Trinajstić information content (AvgIpc) is 2.30. The Morgan fingerprint density at radius 2 is 1.82 bits per heavy atom. The number of nitrogens with one attached hydrogen (secondary N) is 3. The number of hydrogen-bond donors (Lipinski definition) is 3. The molecule has 4 heteroatoms. The number of carbonyl (C=O) groups excluding carboxylic acids is 1. The fourth-order valence-electron chi connectivity index (χ4n) is 1.62. The average molecular weight is 235 g/mol. The van der Waals surface area contributed by atoms with Crippen molar-refractivity contribution in [3.05, 3.63) is 29.8 Å². The van der Waals surface area contributed by atoms with E-state index in [2.05, 4.69) is 29.8 Å². The number of urea groups is 1. The van der Waals surface area contributed by atoms with Crippen LogP contribution in [0.25, 0.3) is 0 Å². The molecule has 1 aromatic rings. The molecule has 1 unspecified atom stereocenters. The Morgan fingerprint density at radius 3 is 2.35 bits per heavy atom. The van der Waals surface area contributed by atoms with Crippen LogP contribution in [-0.2, 0) is 0 Å². The van der Waals surface area contributed by atoms with Crippen LogP contribution in [0.4, 0.5) is 10.5 Å². The second-order valence-corrected chi connectivity index (χ2v) is 3.89. The Labute approximate surface area is 103 Å². The smallest absolute Gasteiger partial charge is 0.319 e. The van der Waals surface area contributed by atoms with Gasteiger partial charge in [0.25, 0.3) is 0 Å². The molecule has 0 saturated heterocycles. The number of hydrogen-bond acceptors (Lipinski definition) is 2. The molecule has 0 fully saturated rings. The maximum atomic E-state index is 11.3. The van der Waals surface area contributed by atoms with Crippen LogP contribution in [0, 0.1) is 0 Å². The SMILES string of the molecule is CCNC(=O)Nc1ccc(C(C)NCC)cc1. The van der Waals surface area contributed by atoms with Crippen LogP contribution in [0.5, 0.6) is 0 Å². The molecule has 3 N–H and O–H groups in total. The van der Waals surface area contributed by atoms with Crippen molar-refractivity contribution in [1.29, 1.82) is 0 Å². The molecule has 1 aromatic carbocycles. The predicted molar refractivity (Wildman–Crippen MR) is 71.2 cm³/mol.